The van der Waals surface area contributed by atoms with Gasteiger partial charge in [-0.05, 0) is 60.2 Å². The molecule has 0 fully saturated rings. The van der Waals surface area contributed by atoms with E-state index >= 15 is 0 Å². The van der Waals surface area contributed by atoms with Gasteiger partial charge in [0.25, 0.3) is 0 Å². The number of urea groups is 1. The minimum absolute atomic E-state index is 0.0849. The molecule has 0 aliphatic heterocycles. The third-order valence-corrected chi connectivity index (χ3v) is 5.75. The highest BCUT2D eigenvalue weighted by atomic mass is 32.2. The van der Waals surface area contributed by atoms with Gasteiger partial charge in [-0.2, -0.15) is 0 Å². The summed E-state index contributed by atoms with van der Waals surface area (Å²) in [6.45, 7) is 0.264. The number of ether oxygens (including phenoxy) is 1. The average molecular weight is 451 g/mol. The Bertz CT molecular complexity index is 1140. The van der Waals surface area contributed by atoms with Crippen LogP contribution in [0.4, 0.5) is 23.7 Å². The maximum absolute atomic E-state index is 12.7. The van der Waals surface area contributed by atoms with Crippen LogP contribution in [0.5, 0.6) is 5.75 Å². The maximum Gasteiger partial charge on any atom is 0.573 e. The van der Waals surface area contributed by atoms with E-state index in [-0.39, 0.29) is 16.3 Å². The van der Waals surface area contributed by atoms with Crippen LogP contribution in [0.2, 0.25) is 0 Å². The summed E-state index contributed by atoms with van der Waals surface area (Å²) in [5.41, 5.74) is 1.17. The van der Waals surface area contributed by atoms with Crippen LogP contribution in [0.15, 0.2) is 82.8 Å². The minimum atomic E-state index is -4.87. The van der Waals surface area contributed by atoms with Crippen LogP contribution >= 0.6 is 0 Å². The van der Waals surface area contributed by atoms with Crippen molar-refractivity contribution in [3.8, 4) is 5.75 Å². The molecule has 31 heavy (non-hydrogen) atoms. The van der Waals surface area contributed by atoms with Gasteiger partial charge in [-0.3, -0.25) is 4.98 Å². The highest BCUT2D eigenvalue weighted by molar-refractivity contribution is 7.91. The summed E-state index contributed by atoms with van der Waals surface area (Å²) in [5, 5.41) is 5.21. The summed E-state index contributed by atoms with van der Waals surface area (Å²) in [4.78, 5) is 15.6. The molecule has 0 unspecified atom stereocenters. The van der Waals surface area contributed by atoms with Crippen molar-refractivity contribution in [3.63, 3.8) is 0 Å². The van der Waals surface area contributed by atoms with Gasteiger partial charge in [-0.15, -0.1) is 13.2 Å². The Hall–Kier alpha value is -3.60. The lowest BCUT2D eigenvalue weighted by Gasteiger charge is -2.10. The summed E-state index contributed by atoms with van der Waals surface area (Å²) in [7, 11) is -3.96. The summed E-state index contributed by atoms with van der Waals surface area (Å²) in [5.74, 6) is -0.525. The highest BCUT2D eigenvalue weighted by Gasteiger charge is 2.31. The number of alkyl halides is 3. The summed E-state index contributed by atoms with van der Waals surface area (Å²) < 4.78 is 65.7. The van der Waals surface area contributed by atoms with Gasteiger partial charge in [0.1, 0.15) is 5.75 Å². The van der Waals surface area contributed by atoms with Gasteiger partial charge in [-0.25, -0.2) is 13.2 Å². The zero-order valence-electron chi connectivity index (χ0n) is 15.8. The Kier molecular flexibility index (Phi) is 6.44. The molecule has 0 saturated carbocycles. The van der Waals surface area contributed by atoms with E-state index in [0.29, 0.717) is 5.69 Å². The number of sulfone groups is 1. The SMILES string of the molecule is O=C(NCc1cccnc1)Nc1ccc(S(=O)(=O)c2ccc(OC(F)(F)F)cc2)cc1. The second-order valence-corrected chi connectivity index (χ2v) is 8.17. The number of rotatable bonds is 6. The van der Waals surface area contributed by atoms with Crippen molar-refractivity contribution in [2.24, 2.45) is 0 Å². The first-order valence-corrected chi connectivity index (χ1v) is 10.3. The van der Waals surface area contributed by atoms with Crippen LogP contribution < -0.4 is 15.4 Å². The minimum Gasteiger partial charge on any atom is -0.406 e. The Morgan fingerprint density at radius 3 is 2.13 bits per heavy atom. The zero-order chi connectivity index (χ0) is 22.5. The molecule has 2 amide bonds. The van der Waals surface area contributed by atoms with Gasteiger partial charge in [-0.1, -0.05) is 6.07 Å². The number of carbonyl (C=O) groups excluding carboxylic acids is 1. The number of nitrogens with zero attached hydrogens (tertiary/aromatic N) is 1. The Morgan fingerprint density at radius 2 is 1.58 bits per heavy atom. The van der Waals surface area contributed by atoms with Gasteiger partial charge in [0.2, 0.25) is 9.84 Å². The van der Waals surface area contributed by atoms with Gasteiger partial charge in [0, 0.05) is 24.6 Å². The molecule has 11 heteroatoms. The van der Waals surface area contributed by atoms with E-state index in [1.807, 2.05) is 0 Å². The fourth-order valence-electron chi connectivity index (χ4n) is 2.53. The number of halogens is 3. The Morgan fingerprint density at radius 1 is 0.968 bits per heavy atom. The molecule has 162 valence electrons. The van der Waals surface area contributed by atoms with E-state index < -0.39 is 28.0 Å². The van der Waals surface area contributed by atoms with E-state index in [2.05, 4.69) is 20.4 Å². The first-order valence-electron chi connectivity index (χ1n) is 8.78. The van der Waals surface area contributed by atoms with Gasteiger partial charge >= 0.3 is 12.4 Å². The number of benzene rings is 2. The van der Waals surface area contributed by atoms with Crippen molar-refractivity contribution in [2.45, 2.75) is 22.7 Å². The fourth-order valence-corrected chi connectivity index (χ4v) is 3.80. The molecule has 0 aliphatic carbocycles. The molecular formula is C20H16F3N3O4S. The van der Waals surface area contributed by atoms with E-state index in [0.717, 1.165) is 29.8 Å². The molecule has 0 spiro atoms. The van der Waals surface area contributed by atoms with Gasteiger partial charge < -0.3 is 15.4 Å². The number of carbonyl (C=O) groups is 1. The molecule has 0 radical (unpaired) electrons. The van der Waals surface area contributed by atoms with Crippen molar-refractivity contribution in [3.05, 3.63) is 78.6 Å². The quantitative estimate of drug-likeness (QED) is 0.587. The molecule has 3 rings (SSSR count). The second kappa shape index (κ2) is 9.04. The summed E-state index contributed by atoms with van der Waals surface area (Å²) in [6.07, 6.45) is -1.64. The number of anilines is 1. The monoisotopic (exact) mass is 451 g/mol. The summed E-state index contributed by atoms with van der Waals surface area (Å²) >= 11 is 0. The number of pyridine rings is 1. The molecule has 1 heterocycles. The molecule has 7 nitrogen and oxygen atoms in total. The van der Waals surface area contributed by atoms with Gasteiger partial charge in [0.15, 0.2) is 0 Å². The molecule has 2 aromatic carbocycles. The molecule has 2 N–H and O–H groups in total. The molecule has 0 aliphatic rings. The number of aromatic nitrogens is 1. The molecule has 3 aromatic rings. The molecule has 0 atom stereocenters. The molecular weight excluding hydrogens is 435 g/mol. The predicted molar refractivity (Wildman–Crippen MR) is 105 cm³/mol. The molecule has 1 aromatic heterocycles. The van der Waals surface area contributed by atoms with Crippen LogP contribution in [-0.2, 0) is 16.4 Å². The Balaban J connectivity index is 1.63. The van der Waals surface area contributed by atoms with Crippen molar-refractivity contribution in [2.75, 3.05) is 5.32 Å². The van der Waals surface area contributed by atoms with E-state index in [9.17, 15) is 26.4 Å². The smallest absolute Gasteiger partial charge is 0.406 e. The second-order valence-electron chi connectivity index (χ2n) is 6.22. The molecule has 0 saturated heterocycles. The van der Waals surface area contributed by atoms with Crippen LogP contribution in [0, 0.1) is 0 Å². The van der Waals surface area contributed by atoms with E-state index in [4.69, 9.17) is 0 Å². The van der Waals surface area contributed by atoms with Crippen molar-refractivity contribution < 1.29 is 31.1 Å². The van der Waals surface area contributed by atoms with Crippen LogP contribution in [0.25, 0.3) is 0 Å². The van der Waals surface area contributed by atoms with Gasteiger partial charge in [0.05, 0.1) is 9.79 Å². The number of hydrogen-bond acceptors (Lipinski definition) is 5. The summed E-state index contributed by atoms with van der Waals surface area (Å²) in [6, 6.07) is 12.3. The average Bonchev–Trinajstić information content (AvgIpc) is 2.73. The number of amides is 2. The Labute approximate surface area is 175 Å². The van der Waals surface area contributed by atoms with E-state index in [1.165, 1.54) is 24.3 Å². The van der Waals surface area contributed by atoms with Crippen molar-refractivity contribution in [1.29, 1.82) is 0 Å². The lowest BCUT2D eigenvalue weighted by Crippen LogP contribution is -2.28. The standard InChI is InChI=1S/C20H16F3N3O4S/c21-20(22,23)30-16-5-9-18(10-6-16)31(28,29)17-7-3-15(4-8-17)26-19(27)25-13-14-2-1-11-24-12-14/h1-12H,13H2,(H2,25,26,27). The highest BCUT2D eigenvalue weighted by Crippen LogP contribution is 2.27. The first kappa shape index (κ1) is 22.1. The third kappa shape index (κ3) is 6.19. The van der Waals surface area contributed by atoms with Crippen LogP contribution in [-0.4, -0.2) is 25.8 Å². The normalized spacial score (nSPS) is 11.6. The number of hydrogen-bond donors (Lipinski definition) is 2. The largest absolute Gasteiger partial charge is 0.573 e. The van der Waals surface area contributed by atoms with Crippen LogP contribution in [0.1, 0.15) is 5.56 Å². The van der Waals surface area contributed by atoms with Crippen molar-refractivity contribution in [1.82, 2.24) is 10.3 Å². The topological polar surface area (TPSA) is 97.4 Å². The third-order valence-electron chi connectivity index (χ3n) is 3.97. The van der Waals surface area contributed by atoms with Crippen molar-refractivity contribution >= 4 is 21.6 Å². The van der Waals surface area contributed by atoms with Crippen LogP contribution in [0.3, 0.4) is 0 Å². The number of nitrogens with one attached hydrogen (secondary N) is 2. The first-order chi connectivity index (χ1) is 14.6. The predicted octanol–water partition coefficient (Wildman–Crippen LogP) is 4.13. The fraction of sp³-hybridized carbons (Fsp3) is 0.100. The lowest BCUT2D eigenvalue weighted by atomic mass is 10.3. The maximum atomic E-state index is 12.7. The molecule has 0 bridgehead atoms. The van der Waals surface area contributed by atoms with E-state index in [1.54, 1.807) is 24.5 Å². The zero-order valence-corrected chi connectivity index (χ0v) is 16.6. The lowest BCUT2D eigenvalue weighted by molar-refractivity contribution is -0.274.